The molecule has 1 atom stereocenters. The van der Waals surface area contributed by atoms with Crippen molar-refractivity contribution in [1.82, 2.24) is 20.4 Å². The first-order valence-corrected chi connectivity index (χ1v) is 10.1. The maximum Gasteiger partial charge on any atom is 0.259 e. The molecule has 2 fully saturated rings. The molecule has 0 aromatic carbocycles. The number of likely N-dealkylation sites (tertiary alicyclic amines) is 1. The zero-order valence-electron chi connectivity index (χ0n) is 17.2. The SMILES string of the molecule is CNCC1CCCN1C(=O)c1cc(C2CC2)nc2onc(CC(C)(C)C)c12.Cl. The lowest BCUT2D eigenvalue weighted by atomic mass is 9.89. The Bertz CT molecular complexity index is 854. The van der Waals surface area contributed by atoms with Crippen LogP contribution in [0.1, 0.15) is 74.1 Å². The van der Waals surface area contributed by atoms with Crippen LogP contribution in [0.2, 0.25) is 0 Å². The highest BCUT2D eigenvalue weighted by atomic mass is 35.5. The zero-order valence-corrected chi connectivity index (χ0v) is 18.1. The molecule has 1 amide bonds. The summed E-state index contributed by atoms with van der Waals surface area (Å²) in [4.78, 5) is 20.3. The predicted molar refractivity (Wildman–Crippen MR) is 112 cm³/mol. The summed E-state index contributed by atoms with van der Waals surface area (Å²) < 4.78 is 5.60. The van der Waals surface area contributed by atoms with Crippen LogP contribution in [0.3, 0.4) is 0 Å². The highest BCUT2D eigenvalue weighted by molar-refractivity contribution is 6.06. The molecule has 7 heteroatoms. The summed E-state index contributed by atoms with van der Waals surface area (Å²) in [5.41, 5.74) is 3.13. The van der Waals surface area contributed by atoms with Crippen LogP contribution in [-0.4, -0.2) is 47.1 Å². The Balaban J connectivity index is 0.00000225. The molecule has 2 aliphatic rings. The first kappa shape index (κ1) is 21.1. The fourth-order valence-corrected chi connectivity index (χ4v) is 4.12. The van der Waals surface area contributed by atoms with Gasteiger partial charge < -0.3 is 14.7 Å². The molecule has 1 saturated carbocycles. The number of aromatic nitrogens is 2. The molecule has 0 radical (unpaired) electrons. The zero-order chi connectivity index (χ0) is 19.2. The van der Waals surface area contributed by atoms with Crippen molar-refractivity contribution in [2.45, 2.75) is 64.8 Å². The van der Waals surface area contributed by atoms with Crippen LogP contribution in [0, 0.1) is 5.41 Å². The van der Waals surface area contributed by atoms with Crippen molar-refractivity contribution in [1.29, 1.82) is 0 Å². The van der Waals surface area contributed by atoms with E-state index in [0.717, 1.165) is 67.5 Å². The van der Waals surface area contributed by atoms with E-state index in [4.69, 9.17) is 9.51 Å². The number of fused-ring (bicyclic) bond motifs is 1. The number of hydrogen-bond donors (Lipinski definition) is 1. The highest BCUT2D eigenvalue weighted by Gasteiger charge is 2.34. The van der Waals surface area contributed by atoms with Gasteiger partial charge in [-0.25, -0.2) is 4.98 Å². The number of rotatable bonds is 5. The van der Waals surface area contributed by atoms with Crippen LogP contribution in [0.25, 0.3) is 11.1 Å². The van der Waals surface area contributed by atoms with Gasteiger partial charge in [0.2, 0.25) is 0 Å². The normalized spacial score (nSPS) is 19.9. The van der Waals surface area contributed by atoms with E-state index < -0.39 is 0 Å². The van der Waals surface area contributed by atoms with Crippen molar-refractivity contribution in [3.05, 3.63) is 23.0 Å². The largest absolute Gasteiger partial charge is 0.336 e. The van der Waals surface area contributed by atoms with Crippen LogP contribution < -0.4 is 5.32 Å². The second-order valence-electron chi connectivity index (χ2n) is 9.27. The van der Waals surface area contributed by atoms with E-state index in [-0.39, 0.29) is 29.8 Å². The Morgan fingerprint density at radius 2 is 2.07 bits per heavy atom. The van der Waals surface area contributed by atoms with Gasteiger partial charge in [-0.15, -0.1) is 12.4 Å². The predicted octanol–water partition coefficient (Wildman–Crippen LogP) is 3.93. The number of halogens is 1. The summed E-state index contributed by atoms with van der Waals surface area (Å²) in [5, 5.41) is 8.34. The Kier molecular flexibility index (Phi) is 6.01. The van der Waals surface area contributed by atoms with Crippen LogP contribution in [0.5, 0.6) is 0 Å². The molecule has 4 rings (SSSR count). The van der Waals surface area contributed by atoms with Gasteiger partial charge in [-0.1, -0.05) is 25.9 Å². The minimum Gasteiger partial charge on any atom is -0.336 e. The lowest BCUT2D eigenvalue weighted by Crippen LogP contribution is -2.41. The van der Waals surface area contributed by atoms with Crippen molar-refractivity contribution >= 4 is 29.4 Å². The first-order valence-electron chi connectivity index (χ1n) is 10.1. The van der Waals surface area contributed by atoms with E-state index >= 15 is 0 Å². The molecular weight excluding hydrogens is 376 g/mol. The molecule has 1 saturated heterocycles. The summed E-state index contributed by atoms with van der Waals surface area (Å²) in [5.74, 6) is 0.559. The van der Waals surface area contributed by atoms with E-state index in [1.54, 1.807) is 0 Å². The van der Waals surface area contributed by atoms with Crippen molar-refractivity contribution in [2.24, 2.45) is 5.41 Å². The number of pyridine rings is 1. The fourth-order valence-electron chi connectivity index (χ4n) is 4.12. The third-order valence-corrected chi connectivity index (χ3v) is 5.54. The van der Waals surface area contributed by atoms with Crippen molar-refractivity contribution in [3.8, 4) is 0 Å². The Hall–Kier alpha value is -1.66. The third-order valence-electron chi connectivity index (χ3n) is 5.54. The number of carbonyl (C=O) groups is 1. The molecule has 3 heterocycles. The van der Waals surface area contributed by atoms with E-state index in [9.17, 15) is 4.79 Å². The van der Waals surface area contributed by atoms with Gasteiger partial charge in [0.25, 0.3) is 11.6 Å². The fraction of sp³-hybridized carbons (Fsp3) is 0.667. The van der Waals surface area contributed by atoms with Gasteiger partial charge in [-0.05, 0) is 50.6 Å². The van der Waals surface area contributed by atoms with E-state index in [1.807, 2.05) is 18.0 Å². The summed E-state index contributed by atoms with van der Waals surface area (Å²) in [7, 11) is 1.94. The smallest absolute Gasteiger partial charge is 0.259 e. The van der Waals surface area contributed by atoms with Crippen molar-refractivity contribution in [2.75, 3.05) is 20.1 Å². The van der Waals surface area contributed by atoms with Gasteiger partial charge in [-0.2, -0.15) is 0 Å². The second kappa shape index (κ2) is 7.99. The maximum absolute atomic E-state index is 13.6. The molecule has 154 valence electrons. The lowest BCUT2D eigenvalue weighted by molar-refractivity contribution is 0.0738. The Labute approximate surface area is 172 Å². The average Bonchev–Trinajstić information content (AvgIpc) is 3.24. The number of carbonyl (C=O) groups excluding carboxylic acids is 1. The molecule has 0 bridgehead atoms. The van der Waals surface area contributed by atoms with Gasteiger partial charge >= 0.3 is 0 Å². The summed E-state index contributed by atoms with van der Waals surface area (Å²) >= 11 is 0. The molecule has 2 aromatic heterocycles. The number of hydrogen-bond acceptors (Lipinski definition) is 5. The first-order chi connectivity index (χ1) is 12.9. The minimum absolute atomic E-state index is 0. The third kappa shape index (κ3) is 4.18. The molecule has 2 aromatic rings. The number of nitrogens with zero attached hydrogens (tertiary/aromatic N) is 3. The van der Waals surface area contributed by atoms with Crippen LogP contribution in [-0.2, 0) is 6.42 Å². The van der Waals surface area contributed by atoms with Gasteiger partial charge in [0.1, 0.15) is 0 Å². The quantitative estimate of drug-likeness (QED) is 0.814. The van der Waals surface area contributed by atoms with Crippen molar-refractivity contribution < 1.29 is 9.32 Å². The van der Waals surface area contributed by atoms with Crippen molar-refractivity contribution in [3.63, 3.8) is 0 Å². The summed E-state index contributed by atoms with van der Waals surface area (Å²) in [6.45, 7) is 8.15. The topological polar surface area (TPSA) is 71.3 Å². The lowest BCUT2D eigenvalue weighted by Gasteiger charge is -2.25. The van der Waals surface area contributed by atoms with Gasteiger partial charge in [0.05, 0.1) is 16.6 Å². The molecule has 0 spiro atoms. The molecule has 1 aliphatic heterocycles. The van der Waals surface area contributed by atoms with Gasteiger partial charge in [0.15, 0.2) is 0 Å². The summed E-state index contributed by atoms with van der Waals surface area (Å²) in [6, 6.07) is 2.27. The molecule has 1 unspecified atom stereocenters. The Morgan fingerprint density at radius 3 is 2.71 bits per heavy atom. The Morgan fingerprint density at radius 1 is 1.32 bits per heavy atom. The number of likely N-dealkylation sites (N-methyl/N-ethyl adjacent to an activating group) is 1. The molecule has 6 nitrogen and oxygen atoms in total. The standard InChI is InChI=1S/C21H30N4O2.ClH/c1-21(2,3)11-17-18-15(20(26)25-9-5-6-14(25)12-22-4)10-16(13-7-8-13)23-19(18)27-24-17;/h10,13-14,22H,5-9,11-12H2,1-4H3;1H. The molecule has 1 aliphatic carbocycles. The molecule has 1 N–H and O–H groups in total. The highest BCUT2D eigenvalue weighted by Crippen LogP contribution is 2.41. The van der Waals surface area contributed by atoms with Crippen LogP contribution >= 0.6 is 12.4 Å². The molecule has 28 heavy (non-hydrogen) atoms. The number of amides is 1. The average molecular weight is 407 g/mol. The second-order valence-corrected chi connectivity index (χ2v) is 9.27. The van der Waals surface area contributed by atoms with Gasteiger partial charge in [-0.3, -0.25) is 4.79 Å². The van der Waals surface area contributed by atoms with Crippen LogP contribution in [0.4, 0.5) is 0 Å². The van der Waals surface area contributed by atoms with E-state index in [1.165, 1.54) is 0 Å². The summed E-state index contributed by atoms with van der Waals surface area (Å²) in [6.07, 6.45) is 5.14. The maximum atomic E-state index is 13.6. The van der Waals surface area contributed by atoms with E-state index in [2.05, 4.69) is 31.2 Å². The van der Waals surface area contributed by atoms with Crippen LogP contribution in [0.15, 0.2) is 10.6 Å². The monoisotopic (exact) mass is 406 g/mol. The molecular formula is C21H31ClN4O2. The number of nitrogens with one attached hydrogen (secondary N) is 1. The van der Waals surface area contributed by atoms with E-state index in [0.29, 0.717) is 11.6 Å². The minimum atomic E-state index is 0. The van der Waals surface area contributed by atoms with Gasteiger partial charge in [0, 0.05) is 30.7 Å².